The van der Waals surface area contributed by atoms with E-state index < -0.39 is 10.0 Å². The Morgan fingerprint density at radius 3 is 2.47 bits per heavy atom. The molecule has 19 heavy (non-hydrogen) atoms. The van der Waals surface area contributed by atoms with Crippen LogP contribution >= 0.6 is 0 Å². The van der Waals surface area contributed by atoms with E-state index in [1.165, 1.54) is 4.31 Å². The Hall–Kier alpha value is -1.31. The minimum atomic E-state index is -3.30. The van der Waals surface area contributed by atoms with Gasteiger partial charge in [-0.05, 0) is 17.9 Å². The van der Waals surface area contributed by atoms with Gasteiger partial charge in [0.15, 0.2) is 0 Å². The Balaban J connectivity index is 2.81. The first kappa shape index (κ1) is 15.7. The van der Waals surface area contributed by atoms with Gasteiger partial charge in [-0.15, -0.1) is 6.42 Å². The fourth-order valence-corrected chi connectivity index (χ4v) is 3.73. The number of benzene rings is 1. The van der Waals surface area contributed by atoms with Crippen LogP contribution in [0.3, 0.4) is 0 Å². The molecule has 1 aromatic carbocycles. The number of rotatable bonds is 7. The fraction of sp³-hybridized carbons (Fsp3) is 0.467. The molecule has 0 N–H and O–H groups in total. The van der Waals surface area contributed by atoms with Gasteiger partial charge >= 0.3 is 0 Å². The Morgan fingerprint density at radius 2 is 1.95 bits per heavy atom. The van der Waals surface area contributed by atoms with Crippen LogP contribution in [0.15, 0.2) is 30.3 Å². The monoisotopic (exact) mass is 279 g/mol. The van der Waals surface area contributed by atoms with Gasteiger partial charge in [0, 0.05) is 6.54 Å². The van der Waals surface area contributed by atoms with Crippen molar-refractivity contribution in [3.63, 3.8) is 0 Å². The van der Waals surface area contributed by atoms with Gasteiger partial charge in [-0.1, -0.05) is 50.1 Å². The van der Waals surface area contributed by atoms with E-state index in [-0.39, 0.29) is 18.2 Å². The van der Waals surface area contributed by atoms with Crippen LogP contribution in [-0.2, 0) is 10.0 Å². The second kappa shape index (κ2) is 7.32. The Morgan fingerprint density at radius 1 is 1.32 bits per heavy atom. The minimum Gasteiger partial charge on any atom is -0.212 e. The lowest BCUT2D eigenvalue weighted by atomic mass is 10.0. The van der Waals surface area contributed by atoms with Crippen molar-refractivity contribution in [2.45, 2.75) is 26.2 Å². The summed E-state index contributed by atoms with van der Waals surface area (Å²) in [5.74, 6) is 2.48. The van der Waals surface area contributed by atoms with Crippen molar-refractivity contribution in [2.75, 3.05) is 18.8 Å². The molecule has 1 atom stereocenters. The van der Waals surface area contributed by atoms with Crippen LogP contribution in [0.5, 0.6) is 0 Å². The van der Waals surface area contributed by atoms with Gasteiger partial charge in [-0.2, -0.15) is 4.31 Å². The average Bonchev–Trinajstić information content (AvgIpc) is 2.39. The summed E-state index contributed by atoms with van der Waals surface area (Å²) in [5.41, 5.74) is 1.03. The van der Waals surface area contributed by atoms with Gasteiger partial charge in [-0.3, -0.25) is 0 Å². The van der Waals surface area contributed by atoms with Crippen molar-refractivity contribution >= 4 is 10.0 Å². The van der Waals surface area contributed by atoms with Gasteiger partial charge in [-0.25, -0.2) is 8.42 Å². The van der Waals surface area contributed by atoms with Gasteiger partial charge < -0.3 is 0 Å². The van der Waals surface area contributed by atoms with Crippen LogP contribution < -0.4 is 0 Å². The summed E-state index contributed by atoms with van der Waals surface area (Å²) in [7, 11) is -3.30. The van der Waals surface area contributed by atoms with Crippen molar-refractivity contribution < 1.29 is 8.42 Å². The topological polar surface area (TPSA) is 37.4 Å². The molecule has 0 aliphatic rings. The van der Waals surface area contributed by atoms with E-state index in [9.17, 15) is 8.42 Å². The number of nitrogens with zero attached hydrogens (tertiary/aromatic N) is 1. The molecule has 0 radical (unpaired) electrons. The highest BCUT2D eigenvalue weighted by molar-refractivity contribution is 7.89. The maximum Gasteiger partial charge on any atom is 0.215 e. The third kappa shape index (κ3) is 4.70. The van der Waals surface area contributed by atoms with E-state index in [4.69, 9.17) is 6.42 Å². The number of hydrogen-bond acceptors (Lipinski definition) is 2. The largest absolute Gasteiger partial charge is 0.215 e. The standard InChI is InChI=1S/C15H21NO2S/c1-4-11-16(12-5-2)19(17,18)13-14(3)15-9-7-6-8-10-15/h1,6-10,14H,5,11-13H2,2-3H3. The van der Waals surface area contributed by atoms with Crippen LogP contribution in [0.2, 0.25) is 0 Å². The van der Waals surface area contributed by atoms with Crippen LogP contribution in [0.1, 0.15) is 31.7 Å². The van der Waals surface area contributed by atoms with Crippen molar-refractivity contribution in [1.29, 1.82) is 0 Å². The summed E-state index contributed by atoms with van der Waals surface area (Å²) >= 11 is 0. The third-order valence-electron chi connectivity index (χ3n) is 2.96. The molecular weight excluding hydrogens is 258 g/mol. The summed E-state index contributed by atoms with van der Waals surface area (Å²) in [6.07, 6.45) is 6.01. The second-order valence-corrected chi connectivity index (χ2v) is 6.64. The van der Waals surface area contributed by atoms with Crippen molar-refractivity contribution in [3.8, 4) is 12.3 Å². The zero-order valence-electron chi connectivity index (χ0n) is 11.5. The van der Waals surface area contributed by atoms with E-state index in [2.05, 4.69) is 5.92 Å². The van der Waals surface area contributed by atoms with Crippen molar-refractivity contribution in [3.05, 3.63) is 35.9 Å². The molecule has 0 spiro atoms. The third-order valence-corrected chi connectivity index (χ3v) is 4.98. The highest BCUT2D eigenvalue weighted by Gasteiger charge is 2.23. The average molecular weight is 279 g/mol. The Labute approximate surface area is 116 Å². The molecule has 0 aliphatic heterocycles. The van der Waals surface area contributed by atoms with Crippen LogP contribution in [0.4, 0.5) is 0 Å². The molecule has 0 saturated carbocycles. The van der Waals surface area contributed by atoms with Gasteiger partial charge in [0.25, 0.3) is 0 Å². The van der Waals surface area contributed by atoms with Crippen LogP contribution in [0, 0.1) is 12.3 Å². The number of terminal acetylenes is 1. The fourth-order valence-electron chi connectivity index (χ4n) is 1.97. The smallest absolute Gasteiger partial charge is 0.212 e. The van der Waals surface area contributed by atoms with Gasteiger partial charge in [0.05, 0.1) is 12.3 Å². The Kier molecular flexibility index (Phi) is 6.07. The van der Waals surface area contributed by atoms with Crippen molar-refractivity contribution in [1.82, 2.24) is 4.31 Å². The first-order chi connectivity index (χ1) is 9.01. The number of sulfonamides is 1. The molecule has 0 amide bonds. The van der Waals surface area contributed by atoms with Gasteiger partial charge in [0.1, 0.15) is 0 Å². The molecule has 0 fully saturated rings. The molecule has 3 nitrogen and oxygen atoms in total. The lowest BCUT2D eigenvalue weighted by molar-refractivity contribution is 0.443. The van der Waals surface area contributed by atoms with E-state index >= 15 is 0 Å². The molecule has 0 aliphatic carbocycles. The molecule has 0 heterocycles. The Bertz CT molecular complexity index is 517. The highest BCUT2D eigenvalue weighted by Crippen LogP contribution is 2.18. The lowest BCUT2D eigenvalue weighted by Gasteiger charge is -2.21. The molecule has 104 valence electrons. The normalized spacial score (nSPS) is 13.2. The second-order valence-electron chi connectivity index (χ2n) is 4.63. The lowest BCUT2D eigenvalue weighted by Crippen LogP contribution is -2.35. The zero-order chi connectivity index (χ0) is 14.3. The first-order valence-electron chi connectivity index (χ1n) is 6.47. The van der Waals surface area contributed by atoms with E-state index in [0.717, 1.165) is 12.0 Å². The molecular formula is C15H21NO2S. The predicted octanol–water partition coefficient (Wildman–Crippen LogP) is 2.47. The minimum absolute atomic E-state index is 0.0386. The molecule has 1 unspecified atom stereocenters. The predicted molar refractivity (Wildman–Crippen MR) is 79.3 cm³/mol. The quantitative estimate of drug-likeness (QED) is 0.719. The SMILES string of the molecule is C#CCN(CCC)S(=O)(=O)CC(C)c1ccccc1. The first-order valence-corrected chi connectivity index (χ1v) is 8.08. The van der Waals surface area contributed by atoms with Crippen LogP contribution in [-0.4, -0.2) is 31.6 Å². The molecule has 1 rings (SSSR count). The maximum atomic E-state index is 12.3. The number of hydrogen-bond donors (Lipinski definition) is 0. The summed E-state index contributed by atoms with van der Waals surface area (Å²) in [6, 6.07) is 9.66. The van der Waals surface area contributed by atoms with E-state index in [1.54, 1.807) is 0 Å². The molecule has 0 saturated heterocycles. The molecule has 1 aromatic rings. The van der Waals surface area contributed by atoms with Crippen LogP contribution in [0.25, 0.3) is 0 Å². The summed E-state index contributed by atoms with van der Waals surface area (Å²) < 4.78 is 26.0. The molecule has 0 bridgehead atoms. The zero-order valence-corrected chi connectivity index (χ0v) is 12.4. The van der Waals surface area contributed by atoms with Gasteiger partial charge in [0.2, 0.25) is 10.0 Å². The summed E-state index contributed by atoms with van der Waals surface area (Å²) in [4.78, 5) is 0. The van der Waals surface area contributed by atoms with E-state index in [0.29, 0.717) is 6.54 Å². The maximum absolute atomic E-state index is 12.3. The molecule has 4 heteroatoms. The summed E-state index contributed by atoms with van der Waals surface area (Å²) in [5, 5.41) is 0. The van der Waals surface area contributed by atoms with E-state index in [1.807, 2.05) is 44.2 Å². The molecule has 0 aromatic heterocycles. The van der Waals surface area contributed by atoms with Crippen molar-refractivity contribution in [2.24, 2.45) is 0 Å². The summed E-state index contributed by atoms with van der Waals surface area (Å²) in [6.45, 7) is 4.50. The highest BCUT2D eigenvalue weighted by atomic mass is 32.2.